The van der Waals surface area contributed by atoms with Crippen molar-refractivity contribution < 1.29 is 9.47 Å². The van der Waals surface area contributed by atoms with Crippen molar-refractivity contribution in [3.63, 3.8) is 0 Å². The van der Waals surface area contributed by atoms with Gasteiger partial charge in [-0.05, 0) is 49.9 Å². The van der Waals surface area contributed by atoms with Crippen molar-refractivity contribution in [2.24, 2.45) is 0 Å². The van der Waals surface area contributed by atoms with Gasteiger partial charge in [0, 0.05) is 23.9 Å². The maximum atomic E-state index is 12.7. The van der Waals surface area contributed by atoms with Gasteiger partial charge in [-0.1, -0.05) is 24.3 Å². The lowest BCUT2D eigenvalue weighted by atomic mass is 10.1. The Morgan fingerprint density at radius 2 is 1.68 bits per heavy atom. The Morgan fingerprint density at radius 3 is 2.32 bits per heavy atom. The predicted molar refractivity (Wildman–Crippen MR) is 99.9 cm³/mol. The first-order valence-corrected chi connectivity index (χ1v) is 9.08. The number of hydrogen-bond donors (Lipinski definition) is 0. The minimum absolute atomic E-state index is 0.0451. The van der Waals surface area contributed by atoms with Crippen LogP contribution in [0.15, 0.2) is 53.3 Å². The van der Waals surface area contributed by atoms with Crippen LogP contribution in [0.5, 0.6) is 0 Å². The molecule has 1 unspecified atom stereocenters. The fourth-order valence-corrected chi connectivity index (χ4v) is 3.60. The van der Waals surface area contributed by atoms with Crippen LogP contribution < -0.4 is 5.43 Å². The summed E-state index contributed by atoms with van der Waals surface area (Å²) in [6, 6.07) is 15.7. The van der Waals surface area contributed by atoms with E-state index in [-0.39, 0.29) is 11.7 Å². The third-order valence-electron chi connectivity index (χ3n) is 4.85. The molecule has 0 N–H and O–H groups in total. The number of hydrogen-bond acceptors (Lipinski definition) is 3. The zero-order valence-corrected chi connectivity index (χ0v) is 14.3. The second-order valence-electron chi connectivity index (χ2n) is 6.54. The summed E-state index contributed by atoms with van der Waals surface area (Å²) in [4.78, 5) is 12.7. The third-order valence-corrected chi connectivity index (χ3v) is 4.85. The molecule has 0 amide bonds. The first kappa shape index (κ1) is 16.3. The number of ether oxygens (including phenoxy) is 2. The Balaban J connectivity index is 1.59. The fraction of sp³-hybridized carbons (Fsp3) is 0.381. The average Bonchev–Trinajstić information content (AvgIpc) is 2.68. The monoisotopic (exact) mass is 337 g/mol. The predicted octanol–water partition coefficient (Wildman–Crippen LogP) is 4.09. The highest BCUT2D eigenvalue weighted by molar-refractivity contribution is 5.93. The van der Waals surface area contributed by atoms with Gasteiger partial charge in [0.2, 0.25) is 0 Å². The molecule has 0 spiro atoms. The summed E-state index contributed by atoms with van der Waals surface area (Å²) in [7, 11) is 0. The summed E-state index contributed by atoms with van der Waals surface area (Å²) < 4.78 is 13.7. The van der Waals surface area contributed by atoms with E-state index in [0.29, 0.717) is 6.61 Å². The lowest BCUT2D eigenvalue weighted by Gasteiger charge is -2.23. The molecule has 4 nitrogen and oxygen atoms in total. The first-order chi connectivity index (χ1) is 12.3. The zero-order valence-electron chi connectivity index (χ0n) is 14.3. The van der Waals surface area contributed by atoms with E-state index in [1.54, 1.807) is 0 Å². The highest BCUT2D eigenvalue weighted by Crippen LogP contribution is 2.20. The summed E-state index contributed by atoms with van der Waals surface area (Å²) in [6.07, 6.45) is 4.14. The van der Waals surface area contributed by atoms with Gasteiger partial charge in [0.25, 0.3) is 0 Å². The molecule has 1 aliphatic heterocycles. The van der Waals surface area contributed by atoms with E-state index in [2.05, 4.69) is 4.57 Å². The molecule has 1 aromatic heterocycles. The zero-order chi connectivity index (χ0) is 17.1. The third kappa shape index (κ3) is 3.32. The van der Waals surface area contributed by atoms with Crippen molar-refractivity contribution in [1.82, 2.24) is 4.57 Å². The van der Waals surface area contributed by atoms with Crippen molar-refractivity contribution in [3.05, 3.63) is 58.8 Å². The molecule has 1 saturated heterocycles. The van der Waals surface area contributed by atoms with E-state index in [9.17, 15) is 4.79 Å². The van der Waals surface area contributed by atoms with Gasteiger partial charge in [0.1, 0.15) is 0 Å². The molecular weight excluding hydrogens is 314 g/mol. The molecule has 2 heterocycles. The average molecular weight is 337 g/mol. The van der Waals surface area contributed by atoms with Crippen LogP contribution in [-0.2, 0) is 16.0 Å². The van der Waals surface area contributed by atoms with Gasteiger partial charge >= 0.3 is 0 Å². The molecule has 1 aliphatic rings. The van der Waals surface area contributed by atoms with E-state index in [4.69, 9.17) is 9.47 Å². The summed E-state index contributed by atoms with van der Waals surface area (Å²) in [5.74, 6) is 0. The molecule has 130 valence electrons. The van der Waals surface area contributed by atoms with Gasteiger partial charge in [-0.3, -0.25) is 4.79 Å². The molecule has 4 rings (SSSR count). The molecule has 2 aromatic carbocycles. The van der Waals surface area contributed by atoms with Crippen LogP contribution in [0.25, 0.3) is 21.8 Å². The number of aryl methyl sites for hydroxylation is 1. The lowest BCUT2D eigenvalue weighted by molar-refractivity contribution is -0.162. The largest absolute Gasteiger partial charge is 0.353 e. The SMILES string of the molecule is O=c1c2ccccc2n(CCCOC2CCCCO2)c2ccccc12. The number of fused-ring (bicyclic) bond motifs is 2. The Labute approximate surface area is 147 Å². The van der Waals surface area contributed by atoms with E-state index in [1.165, 1.54) is 6.42 Å². The highest BCUT2D eigenvalue weighted by Gasteiger charge is 2.14. The molecule has 0 aliphatic carbocycles. The topological polar surface area (TPSA) is 40.5 Å². The van der Waals surface area contributed by atoms with Crippen molar-refractivity contribution in [2.75, 3.05) is 13.2 Å². The molecule has 4 heteroatoms. The van der Waals surface area contributed by atoms with Crippen LogP contribution in [0, 0.1) is 0 Å². The van der Waals surface area contributed by atoms with Crippen LogP contribution in [0.4, 0.5) is 0 Å². The fourth-order valence-electron chi connectivity index (χ4n) is 3.60. The van der Waals surface area contributed by atoms with Crippen LogP contribution in [0.3, 0.4) is 0 Å². The summed E-state index contributed by atoms with van der Waals surface area (Å²) >= 11 is 0. The first-order valence-electron chi connectivity index (χ1n) is 9.08. The van der Waals surface area contributed by atoms with Gasteiger partial charge in [0.05, 0.1) is 17.6 Å². The minimum Gasteiger partial charge on any atom is -0.353 e. The molecule has 25 heavy (non-hydrogen) atoms. The van der Waals surface area contributed by atoms with Gasteiger partial charge in [-0.25, -0.2) is 0 Å². The maximum Gasteiger partial charge on any atom is 0.197 e. The highest BCUT2D eigenvalue weighted by atomic mass is 16.7. The molecule has 3 aromatic rings. The molecule has 0 bridgehead atoms. The van der Waals surface area contributed by atoms with E-state index < -0.39 is 0 Å². The number of benzene rings is 2. The number of pyridine rings is 1. The van der Waals surface area contributed by atoms with Crippen molar-refractivity contribution in [2.45, 2.75) is 38.5 Å². The van der Waals surface area contributed by atoms with Gasteiger partial charge in [0.15, 0.2) is 11.7 Å². The van der Waals surface area contributed by atoms with E-state index >= 15 is 0 Å². The Morgan fingerprint density at radius 1 is 1.00 bits per heavy atom. The molecule has 0 saturated carbocycles. The van der Waals surface area contributed by atoms with Crippen LogP contribution in [0.1, 0.15) is 25.7 Å². The second-order valence-corrected chi connectivity index (χ2v) is 6.54. The Bertz CT molecular complexity index is 865. The maximum absolute atomic E-state index is 12.7. The van der Waals surface area contributed by atoms with Crippen LogP contribution >= 0.6 is 0 Å². The second kappa shape index (κ2) is 7.38. The quantitative estimate of drug-likeness (QED) is 0.520. The van der Waals surface area contributed by atoms with E-state index in [0.717, 1.165) is 54.2 Å². The van der Waals surface area contributed by atoms with Crippen molar-refractivity contribution in [3.8, 4) is 0 Å². The number of nitrogens with zero attached hydrogens (tertiary/aromatic N) is 1. The number of aromatic nitrogens is 1. The Hall–Kier alpha value is -2.17. The summed E-state index contributed by atoms with van der Waals surface area (Å²) in [5.41, 5.74) is 2.08. The minimum atomic E-state index is -0.0451. The number of para-hydroxylation sites is 2. The van der Waals surface area contributed by atoms with Gasteiger partial charge in [-0.15, -0.1) is 0 Å². The number of rotatable bonds is 5. The smallest absolute Gasteiger partial charge is 0.197 e. The molecule has 1 atom stereocenters. The van der Waals surface area contributed by atoms with Crippen molar-refractivity contribution in [1.29, 1.82) is 0 Å². The molecule has 1 fully saturated rings. The lowest BCUT2D eigenvalue weighted by Crippen LogP contribution is -2.23. The molecule has 0 radical (unpaired) electrons. The standard InChI is InChI=1S/C21H23NO3/c23-21-16-8-1-3-10-18(16)22(19-11-4-2-9-17(19)21)13-7-15-25-20-12-5-6-14-24-20/h1-4,8-11,20H,5-7,12-15H2. The van der Waals surface area contributed by atoms with Gasteiger partial charge < -0.3 is 14.0 Å². The Kier molecular flexibility index (Phi) is 4.81. The van der Waals surface area contributed by atoms with Crippen LogP contribution in [0.2, 0.25) is 0 Å². The normalized spacial score (nSPS) is 18.0. The van der Waals surface area contributed by atoms with Crippen LogP contribution in [-0.4, -0.2) is 24.1 Å². The molecular formula is C21H23NO3. The summed E-state index contributed by atoms with van der Waals surface area (Å²) in [6.45, 7) is 2.28. The van der Waals surface area contributed by atoms with Crippen molar-refractivity contribution >= 4 is 21.8 Å². The van der Waals surface area contributed by atoms with Gasteiger partial charge in [-0.2, -0.15) is 0 Å². The summed E-state index contributed by atoms with van der Waals surface area (Å²) in [5, 5.41) is 1.55. The van der Waals surface area contributed by atoms with E-state index in [1.807, 2.05) is 48.5 Å².